The van der Waals surface area contributed by atoms with Crippen molar-refractivity contribution in [1.82, 2.24) is 0 Å². The largest absolute Gasteiger partial charge is 0.463 e. The molecule has 35 heavy (non-hydrogen) atoms. The quantitative estimate of drug-likeness (QED) is 0.125. The van der Waals surface area contributed by atoms with Gasteiger partial charge < -0.3 is 24.3 Å². The number of hydrogen-bond acceptors (Lipinski definition) is 14. The first-order valence-corrected chi connectivity index (χ1v) is 10.2. The van der Waals surface area contributed by atoms with Crippen molar-refractivity contribution >= 4 is 52.3 Å². The molecule has 0 aromatic heterocycles. The van der Waals surface area contributed by atoms with Crippen molar-refractivity contribution in [3.8, 4) is 0 Å². The zero-order chi connectivity index (χ0) is 26.3. The number of benzene rings is 1. The topological polar surface area (TPSA) is 199 Å². The summed E-state index contributed by atoms with van der Waals surface area (Å²) in [7, 11) is 0. The van der Waals surface area contributed by atoms with Crippen molar-refractivity contribution in [2.45, 2.75) is 51.4 Å². The number of anilines is 1. The van der Waals surface area contributed by atoms with Gasteiger partial charge in [-0.1, -0.05) is 0 Å². The van der Waals surface area contributed by atoms with Gasteiger partial charge in [-0.05, 0) is 18.3 Å². The molecule has 1 heterocycles. The average Bonchev–Trinajstić information content (AvgIpc) is 2.75. The van der Waals surface area contributed by atoms with E-state index in [-0.39, 0.29) is 5.69 Å². The summed E-state index contributed by atoms with van der Waals surface area (Å²) in [6, 6.07) is 1.57. The standard InChI is InChI=1S/C19H20N4O11S/c1-9(24)31-7-15-17(32-10(2)25)18(33-11(3)26)16(19(34-15)20-8-35)21-13-5-4-12(22(27)28)6-14(13)23(29)30/h4-6,15-19,21H,7H2,1-3H3/t15-,16-,17-,18-,19-/m1/s1. The van der Waals surface area contributed by atoms with Gasteiger partial charge in [0, 0.05) is 26.8 Å². The number of nitro groups is 2. The van der Waals surface area contributed by atoms with E-state index in [0.717, 1.165) is 39.0 Å². The highest BCUT2D eigenvalue weighted by molar-refractivity contribution is 7.78. The third-order valence-corrected chi connectivity index (χ3v) is 4.72. The number of isothiocyanates is 1. The highest BCUT2D eigenvalue weighted by Crippen LogP contribution is 2.34. The lowest BCUT2D eigenvalue weighted by Crippen LogP contribution is -2.63. The molecule has 16 heteroatoms. The number of carbonyl (C=O) groups is 3. The minimum absolute atomic E-state index is 0.212. The predicted molar refractivity (Wildman–Crippen MR) is 119 cm³/mol. The molecule has 1 aliphatic heterocycles. The number of carbonyl (C=O) groups excluding carboxylic acids is 3. The van der Waals surface area contributed by atoms with E-state index in [1.165, 1.54) is 0 Å². The molecule has 5 atom stereocenters. The van der Waals surface area contributed by atoms with E-state index < -0.39 is 76.3 Å². The lowest BCUT2D eigenvalue weighted by atomic mass is 9.95. The summed E-state index contributed by atoms with van der Waals surface area (Å²) in [5.41, 5.74) is -1.42. The third kappa shape index (κ3) is 7.23. The molecule has 15 nitrogen and oxygen atoms in total. The minimum Gasteiger partial charge on any atom is -0.463 e. The predicted octanol–water partition coefficient (Wildman–Crippen LogP) is 1.54. The summed E-state index contributed by atoms with van der Waals surface area (Å²) in [5, 5.41) is 27.4. The Kier molecular flexibility index (Phi) is 9.27. The van der Waals surface area contributed by atoms with Crippen LogP contribution in [0.5, 0.6) is 0 Å². The second kappa shape index (κ2) is 11.9. The molecular formula is C19H20N4O11S. The highest BCUT2D eigenvalue weighted by Gasteiger charge is 2.51. The minimum atomic E-state index is -1.38. The molecule has 0 unspecified atom stereocenters. The second-order valence-electron chi connectivity index (χ2n) is 7.12. The van der Waals surface area contributed by atoms with Crippen molar-refractivity contribution < 1.29 is 43.2 Å². The third-order valence-electron chi connectivity index (χ3n) is 4.61. The molecule has 1 N–H and O–H groups in total. The first-order valence-electron chi connectivity index (χ1n) is 9.84. The maximum Gasteiger partial charge on any atom is 0.303 e. The Hall–Kier alpha value is -4.01. The van der Waals surface area contributed by atoms with Crippen LogP contribution in [0, 0.1) is 20.2 Å². The van der Waals surface area contributed by atoms with Gasteiger partial charge in [0.15, 0.2) is 18.4 Å². The number of ether oxygens (including phenoxy) is 4. The van der Waals surface area contributed by atoms with Crippen molar-refractivity contribution in [3.05, 3.63) is 38.4 Å². The molecule has 1 aromatic rings. The number of non-ortho nitro benzene ring substituents is 1. The van der Waals surface area contributed by atoms with E-state index in [4.69, 9.17) is 18.9 Å². The van der Waals surface area contributed by atoms with Crippen LogP contribution in [0.15, 0.2) is 23.2 Å². The van der Waals surface area contributed by atoms with E-state index in [1.54, 1.807) is 0 Å². The Balaban J connectivity index is 2.58. The number of nitro benzene ring substituents is 2. The Bertz CT molecular complexity index is 1070. The van der Waals surface area contributed by atoms with E-state index in [1.807, 2.05) is 0 Å². The SMILES string of the molecule is CC(=O)OC[C@H]1O[C@@H](N=C=S)[C@H](Nc2ccc([N+](=O)[O-])cc2[N+](=O)[O-])[C@@H](OC(C)=O)[C@@H]1OC(C)=O. The average molecular weight is 512 g/mol. The Labute approximate surface area is 202 Å². The molecule has 0 spiro atoms. The summed E-state index contributed by atoms with van der Waals surface area (Å²) in [5.74, 6) is -2.27. The van der Waals surface area contributed by atoms with Gasteiger partial charge in [0.2, 0.25) is 0 Å². The van der Waals surface area contributed by atoms with Gasteiger partial charge in [-0.2, -0.15) is 4.99 Å². The molecule has 1 aliphatic rings. The van der Waals surface area contributed by atoms with Crippen molar-refractivity contribution in [2.24, 2.45) is 4.99 Å². The molecule has 0 amide bonds. The van der Waals surface area contributed by atoms with Crippen LogP contribution in [0.3, 0.4) is 0 Å². The summed E-state index contributed by atoms with van der Waals surface area (Å²) < 4.78 is 21.4. The van der Waals surface area contributed by atoms with Gasteiger partial charge in [0.05, 0.1) is 21.1 Å². The Morgan fingerprint density at radius 1 is 1.09 bits per heavy atom. The maximum atomic E-state index is 11.9. The van der Waals surface area contributed by atoms with Gasteiger partial charge in [-0.15, -0.1) is 0 Å². The normalized spacial score (nSPS) is 23.2. The first kappa shape index (κ1) is 27.2. The van der Waals surface area contributed by atoms with Crippen LogP contribution >= 0.6 is 12.2 Å². The van der Waals surface area contributed by atoms with E-state index >= 15 is 0 Å². The van der Waals surface area contributed by atoms with Gasteiger partial charge >= 0.3 is 17.9 Å². The summed E-state index contributed by atoms with van der Waals surface area (Å²) in [6.45, 7) is 2.87. The van der Waals surface area contributed by atoms with Crippen molar-refractivity contribution in [1.29, 1.82) is 0 Å². The molecule has 0 bridgehead atoms. The van der Waals surface area contributed by atoms with Crippen LogP contribution in [-0.2, 0) is 33.3 Å². The zero-order valence-electron chi connectivity index (χ0n) is 18.6. The molecule has 1 aromatic carbocycles. The zero-order valence-corrected chi connectivity index (χ0v) is 19.4. The smallest absolute Gasteiger partial charge is 0.303 e. The van der Waals surface area contributed by atoms with E-state index in [2.05, 4.69) is 27.7 Å². The summed E-state index contributed by atoms with van der Waals surface area (Å²) >= 11 is 4.65. The molecular weight excluding hydrogens is 492 g/mol. The Morgan fingerprint density at radius 3 is 2.23 bits per heavy atom. The number of aliphatic imine (C=N–C) groups is 1. The molecule has 0 saturated carbocycles. The molecule has 1 fully saturated rings. The highest BCUT2D eigenvalue weighted by atomic mass is 32.1. The van der Waals surface area contributed by atoms with Crippen molar-refractivity contribution in [3.63, 3.8) is 0 Å². The number of esters is 3. The van der Waals surface area contributed by atoms with Gasteiger partial charge in [-0.3, -0.25) is 34.6 Å². The summed E-state index contributed by atoms with van der Waals surface area (Å²) in [4.78, 5) is 59.8. The number of hydrogen-bond donors (Lipinski definition) is 1. The lowest BCUT2D eigenvalue weighted by Gasteiger charge is -2.43. The fourth-order valence-electron chi connectivity index (χ4n) is 3.32. The molecule has 0 radical (unpaired) electrons. The first-order chi connectivity index (χ1) is 16.4. The molecule has 0 aliphatic carbocycles. The fraction of sp³-hybridized carbons (Fsp3) is 0.474. The van der Waals surface area contributed by atoms with Crippen LogP contribution < -0.4 is 5.32 Å². The monoisotopic (exact) mass is 512 g/mol. The van der Waals surface area contributed by atoms with Gasteiger partial charge in [0.1, 0.15) is 24.4 Å². The van der Waals surface area contributed by atoms with Crippen LogP contribution in [0.2, 0.25) is 0 Å². The van der Waals surface area contributed by atoms with Gasteiger partial charge in [0.25, 0.3) is 11.4 Å². The maximum absolute atomic E-state index is 11.9. The molecule has 188 valence electrons. The van der Waals surface area contributed by atoms with Crippen LogP contribution in [0.25, 0.3) is 0 Å². The molecule has 2 rings (SSSR count). The summed E-state index contributed by atoms with van der Waals surface area (Å²) in [6.07, 6.45) is -5.22. The second-order valence-corrected chi connectivity index (χ2v) is 7.30. The lowest BCUT2D eigenvalue weighted by molar-refractivity contribution is -0.393. The number of nitrogens with zero attached hydrogens (tertiary/aromatic N) is 3. The van der Waals surface area contributed by atoms with Crippen molar-refractivity contribution in [2.75, 3.05) is 11.9 Å². The molecule has 1 saturated heterocycles. The van der Waals surface area contributed by atoms with E-state index in [0.29, 0.717) is 0 Å². The van der Waals surface area contributed by atoms with E-state index in [9.17, 15) is 34.6 Å². The van der Waals surface area contributed by atoms with Crippen LogP contribution in [0.1, 0.15) is 20.8 Å². The fourth-order valence-corrected chi connectivity index (χ4v) is 3.43. The van der Waals surface area contributed by atoms with Crippen LogP contribution in [0.4, 0.5) is 17.1 Å². The number of thiocarbonyl (C=S) groups is 1. The number of nitrogens with one attached hydrogen (secondary N) is 1. The Morgan fingerprint density at radius 2 is 1.71 bits per heavy atom. The number of rotatable bonds is 9. The van der Waals surface area contributed by atoms with Gasteiger partial charge in [-0.25, -0.2) is 0 Å². The van der Waals surface area contributed by atoms with Crippen LogP contribution in [-0.4, -0.2) is 70.1 Å².